The molecule has 6 heteroatoms. The van der Waals surface area contributed by atoms with Gasteiger partial charge in [-0.3, -0.25) is 4.79 Å². The molecule has 0 aliphatic heterocycles. The first-order valence-electron chi connectivity index (χ1n) is 9.69. The van der Waals surface area contributed by atoms with Crippen molar-refractivity contribution in [3.8, 4) is 17.2 Å². The molecule has 1 amide bonds. The summed E-state index contributed by atoms with van der Waals surface area (Å²) in [5.74, 6) is 1.02. The van der Waals surface area contributed by atoms with Crippen molar-refractivity contribution in [2.75, 3.05) is 28.4 Å². The zero-order valence-corrected chi connectivity index (χ0v) is 18.0. The van der Waals surface area contributed by atoms with E-state index in [0.29, 0.717) is 23.7 Å². The third-order valence-electron chi connectivity index (χ3n) is 5.35. The maximum absolute atomic E-state index is 13.3. The molecule has 0 radical (unpaired) electrons. The summed E-state index contributed by atoms with van der Waals surface area (Å²) in [7, 11) is 6.37. The molecule has 0 heterocycles. The molecule has 158 valence electrons. The Balaban J connectivity index is 2.32. The molecule has 1 N–H and O–H groups in total. The lowest BCUT2D eigenvalue weighted by Gasteiger charge is -2.32. The van der Waals surface area contributed by atoms with Gasteiger partial charge in [0.2, 0.25) is 11.7 Å². The highest BCUT2D eigenvalue weighted by atomic mass is 16.5. The monoisotopic (exact) mass is 401 g/mol. The molecule has 0 aromatic heterocycles. The highest BCUT2D eigenvalue weighted by Gasteiger charge is 2.30. The minimum Gasteiger partial charge on any atom is -0.493 e. The molecule has 6 nitrogen and oxygen atoms in total. The lowest BCUT2D eigenvalue weighted by molar-refractivity contribution is -0.135. The smallest absolute Gasteiger partial charge is 0.230 e. The lowest BCUT2D eigenvalue weighted by Crippen LogP contribution is -2.41. The Bertz CT molecular complexity index is 783. The van der Waals surface area contributed by atoms with Crippen molar-refractivity contribution in [3.63, 3.8) is 0 Å². The standard InChI is InChI=1S/C23H31NO5/c1-7-18(17-13-19(27-4)22(29-6)20(14-17)28-5)23(26)24(3)15(2)21(25)16-11-9-8-10-12-16/h8-15,18,21,25H,7H2,1-6H3/t15-,18?,21?/m0/s1. The summed E-state index contributed by atoms with van der Waals surface area (Å²) < 4.78 is 16.2. The van der Waals surface area contributed by atoms with Crippen LogP contribution >= 0.6 is 0 Å². The van der Waals surface area contributed by atoms with E-state index in [0.717, 1.165) is 11.1 Å². The normalized spacial score (nSPS) is 13.9. The zero-order valence-electron chi connectivity index (χ0n) is 18.0. The molecule has 0 fully saturated rings. The number of nitrogens with zero attached hydrogens (tertiary/aromatic N) is 1. The van der Waals surface area contributed by atoms with E-state index in [1.807, 2.05) is 44.2 Å². The SMILES string of the molecule is CCC(C(=O)N(C)[C@@H](C)C(O)c1ccccc1)c1cc(OC)c(OC)c(OC)c1. The van der Waals surface area contributed by atoms with Crippen LogP contribution in [0.3, 0.4) is 0 Å². The van der Waals surface area contributed by atoms with Gasteiger partial charge in [-0.1, -0.05) is 37.3 Å². The topological polar surface area (TPSA) is 68.2 Å². The quantitative estimate of drug-likeness (QED) is 0.692. The van der Waals surface area contributed by atoms with E-state index in [1.165, 1.54) is 0 Å². The number of aliphatic hydroxyl groups excluding tert-OH is 1. The predicted molar refractivity (Wildman–Crippen MR) is 113 cm³/mol. The first kappa shape index (κ1) is 22.6. The second kappa shape index (κ2) is 10.2. The van der Waals surface area contributed by atoms with Crippen molar-refractivity contribution in [1.29, 1.82) is 0 Å². The second-order valence-corrected chi connectivity index (χ2v) is 6.96. The van der Waals surface area contributed by atoms with Crippen LogP contribution < -0.4 is 14.2 Å². The highest BCUT2D eigenvalue weighted by molar-refractivity contribution is 5.84. The average molecular weight is 402 g/mol. The molecule has 3 atom stereocenters. The largest absolute Gasteiger partial charge is 0.493 e. The Labute approximate surface area is 173 Å². The molecular weight excluding hydrogens is 370 g/mol. The van der Waals surface area contributed by atoms with Gasteiger partial charge >= 0.3 is 0 Å². The van der Waals surface area contributed by atoms with Crippen LogP contribution in [0.15, 0.2) is 42.5 Å². The first-order chi connectivity index (χ1) is 13.9. The fraction of sp³-hybridized carbons (Fsp3) is 0.435. The van der Waals surface area contributed by atoms with E-state index < -0.39 is 12.0 Å². The van der Waals surface area contributed by atoms with Gasteiger partial charge in [0, 0.05) is 7.05 Å². The maximum atomic E-state index is 13.3. The number of carbonyl (C=O) groups excluding carboxylic acids is 1. The Kier molecular flexibility index (Phi) is 7.91. The Morgan fingerprint density at radius 1 is 1.00 bits per heavy atom. The summed E-state index contributed by atoms with van der Waals surface area (Å²) in [5.41, 5.74) is 1.56. The summed E-state index contributed by atoms with van der Waals surface area (Å²) in [6.45, 7) is 3.80. The van der Waals surface area contributed by atoms with Gasteiger partial charge in [-0.15, -0.1) is 0 Å². The molecule has 0 aliphatic rings. The number of carbonyl (C=O) groups is 1. The summed E-state index contributed by atoms with van der Waals surface area (Å²) in [5, 5.41) is 10.7. The van der Waals surface area contributed by atoms with Gasteiger partial charge in [0.1, 0.15) is 0 Å². The van der Waals surface area contributed by atoms with Gasteiger partial charge in [-0.05, 0) is 36.6 Å². The van der Waals surface area contributed by atoms with Crippen LogP contribution in [0.1, 0.15) is 43.4 Å². The van der Waals surface area contributed by atoms with Crippen molar-refractivity contribution >= 4 is 5.91 Å². The van der Waals surface area contributed by atoms with E-state index in [2.05, 4.69) is 0 Å². The molecule has 0 saturated carbocycles. The fourth-order valence-corrected chi connectivity index (χ4v) is 3.44. The number of aliphatic hydroxyl groups is 1. The van der Waals surface area contributed by atoms with Gasteiger partial charge in [-0.25, -0.2) is 0 Å². The molecule has 2 unspecified atom stereocenters. The molecule has 2 aromatic rings. The van der Waals surface area contributed by atoms with Crippen LogP contribution in [0.4, 0.5) is 0 Å². The number of methoxy groups -OCH3 is 3. The summed E-state index contributed by atoms with van der Waals surface area (Å²) >= 11 is 0. The maximum Gasteiger partial charge on any atom is 0.230 e. The average Bonchev–Trinajstić information content (AvgIpc) is 2.77. The third kappa shape index (κ3) is 4.82. The van der Waals surface area contributed by atoms with Crippen LogP contribution in [0.25, 0.3) is 0 Å². The minimum atomic E-state index is -0.775. The molecule has 2 rings (SSSR count). The van der Waals surface area contributed by atoms with Gasteiger partial charge in [0.25, 0.3) is 0 Å². The zero-order chi connectivity index (χ0) is 21.6. The summed E-state index contributed by atoms with van der Waals surface area (Å²) in [4.78, 5) is 14.9. The Morgan fingerprint density at radius 3 is 2.00 bits per heavy atom. The first-order valence-corrected chi connectivity index (χ1v) is 9.69. The number of benzene rings is 2. The summed E-state index contributed by atoms with van der Waals surface area (Å²) in [6.07, 6.45) is -0.182. The number of ether oxygens (including phenoxy) is 3. The molecule has 2 aromatic carbocycles. The second-order valence-electron chi connectivity index (χ2n) is 6.96. The Morgan fingerprint density at radius 2 is 1.55 bits per heavy atom. The van der Waals surface area contributed by atoms with Gasteiger partial charge < -0.3 is 24.2 Å². The van der Waals surface area contributed by atoms with Crippen LogP contribution in [0.5, 0.6) is 17.2 Å². The van der Waals surface area contributed by atoms with E-state index in [-0.39, 0.29) is 11.9 Å². The van der Waals surface area contributed by atoms with Crippen LogP contribution in [-0.2, 0) is 4.79 Å². The number of hydrogen-bond donors (Lipinski definition) is 1. The van der Waals surface area contributed by atoms with E-state index in [1.54, 1.807) is 45.4 Å². The minimum absolute atomic E-state index is 0.0794. The van der Waals surface area contributed by atoms with Crippen molar-refractivity contribution in [2.45, 2.75) is 38.3 Å². The molecule has 29 heavy (non-hydrogen) atoms. The van der Waals surface area contributed by atoms with Crippen molar-refractivity contribution in [2.24, 2.45) is 0 Å². The van der Waals surface area contributed by atoms with Crippen LogP contribution in [0.2, 0.25) is 0 Å². The van der Waals surface area contributed by atoms with E-state index in [4.69, 9.17) is 14.2 Å². The molecule has 0 bridgehead atoms. The highest BCUT2D eigenvalue weighted by Crippen LogP contribution is 2.41. The van der Waals surface area contributed by atoms with Crippen LogP contribution in [0, 0.1) is 0 Å². The molecule has 0 saturated heterocycles. The molecular formula is C23H31NO5. The lowest BCUT2D eigenvalue weighted by atomic mass is 9.93. The Hall–Kier alpha value is -2.73. The molecule has 0 spiro atoms. The van der Waals surface area contributed by atoms with Gasteiger partial charge in [-0.2, -0.15) is 0 Å². The van der Waals surface area contributed by atoms with Gasteiger partial charge in [0.05, 0.1) is 39.4 Å². The fourth-order valence-electron chi connectivity index (χ4n) is 3.44. The van der Waals surface area contributed by atoms with Crippen molar-refractivity contribution in [1.82, 2.24) is 4.90 Å². The third-order valence-corrected chi connectivity index (χ3v) is 5.35. The number of hydrogen-bond acceptors (Lipinski definition) is 5. The van der Waals surface area contributed by atoms with Gasteiger partial charge in [0.15, 0.2) is 11.5 Å². The van der Waals surface area contributed by atoms with E-state index >= 15 is 0 Å². The van der Waals surface area contributed by atoms with Crippen molar-refractivity contribution < 1.29 is 24.1 Å². The van der Waals surface area contributed by atoms with Crippen LogP contribution in [-0.4, -0.2) is 50.3 Å². The number of amides is 1. The van der Waals surface area contributed by atoms with Crippen molar-refractivity contribution in [3.05, 3.63) is 53.6 Å². The number of rotatable bonds is 9. The number of likely N-dealkylation sites (N-methyl/N-ethyl adjacent to an activating group) is 1. The predicted octanol–water partition coefficient (Wildman–Crippen LogP) is 3.79. The molecule has 0 aliphatic carbocycles. The van der Waals surface area contributed by atoms with E-state index in [9.17, 15) is 9.90 Å². The summed E-state index contributed by atoms with van der Waals surface area (Å²) in [6, 6.07) is 12.6.